The van der Waals surface area contributed by atoms with E-state index in [9.17, 15) is 9.90 Å². The highest BCUT2D eigenvalue weighted by molar-refractivity contribution is 8.13. The van der Waals surface area contributed by atoms with E-state index in [2.05, 4.69) is 59.0 Å². The summed E-state index contributed by atoms with van der Waals surface area (Å²) in [6.45, 7) is 12.5. The van der Waals surface area contributed by atoms with E-state index < -0.39 is 6.17 Å². The summed E-state index contributed by atoms with van der Waals surface area (Å²) in [5.41, 5.74) is 3.62. The van der Waals surface area contributed by atoms with Gasteiger partial charge in [0.15, 0.2) is 11.3 Å². The molecule has 5 rings (SSSR count). The average Bonchev–Trinajstić information content (AvgIpc) is 2.86. The first-order valence-corrected chi connectivity index (χ1v) is 13.8. The van der Waals surface area contributed by atoms with E-state index >= 15 is 0 Å². The number of nitrogens with zero attached hydrogens (tertiary/aromatic N) is 3. The first kappa shape index (κ1) is 26.0. The molecule has 38 heavy (non-hydrogen) atoms. The maximum Gasteiger partial charge on any atom is 0.276 e. The summed E-state index contributed by atoms with van der Waals surface area (Å²) in [6, 6.07) is 21.8. The predicted octanol–water partition coefficient (Wildman–Crippen LogP) is 5.06. The number of fused-ring (bicyclic) bond motifs is 2. The van der Waals surface area contributed by atoms with Crippen LogP contribution < -0.4 is 15.9 Å². The van der Waals surface area contributed by atoms with Crippen LogP contribution in [-0.2, 0) is 21.4 Å². The number of carbonyl (C=O) groups excluding carboxylic acids is 1. The van der Waals surface area contributed by atoms with Crippen molar-refractivity contribution in [2.45, 2.75) is 64.3 Å². The summed E-state index contributed by atoms with van der Waals surface area (Å²) in [5.74, 6) is 0.797. The van der Waals surface area contributed by atoms with Crippen molar-refractivity contribution in [2.24, 2.45) is 10.1 Å². The fourth-order valence-electron chi connectivity index (χ4n) is 4.78. The van der Waals surface area contributed by atoms with Gasteiger partial charge in [0.1, 0.15) is 11.4 Å². The number of aromatic hydroxyl groups is 1. The van der Waals surface area contributed by atoms with Crippen molar-refractivity contribution in [3.05, 3.63) is 99.6 Å². The number of hydrogen-bond acceptors (Lipinski definition) is 6. The zero-order valence-electron chi connectivity index (χ0n) is 22.7. The molecule has 0 saturated carbocycles. The van der Waals surface area contributed by atoms with Crippen molar-refractivity contribution in [1.82, 2.24) is 10.3 Å². The lowest BCUT2D eigenvalue weighted by Gasteiger charge is -2.35. The quantitative estimate of drug-likeness (QED) is 0.500. The normalized spacial score (nSPS) is 17.3. The minimum atomic E-state index is -0.555. The molecule has 0 fully saturated rings. The van der Waals surface area contributed by atoms with Gasteiger partial charge >= 0.3 is 0 Å². The zero-order chi connectivity index (χ0) is 27.2. The number of hydrazone groups is 1. The largest absolute Gasteiger partial charge is 0.507 e. The molecule has 0 aliphatic carbocycles. The molecule has 2 heterocycles. The van der Waals surface area contributed by atoms with E-state index in [4.69, 9.17) is 10.1 Å². The molecule has 3 aromatic carbocycles. The number of rotatable bonds is 3. The lowest BCUT2D eigenvalue weighted by Crippen LogP contribution is -2.50. The highest BCUT2D eigenvalue weighted by Gasteiger charge is 2.36. The van der Waals surface area contributed by atoms with Crippen molar-refractivity contribution in [2.75, 3.05) is 0 Å². The molecule has 0 bridgehead atoms. The Bertz CT molecular complexity index is 1510. The fraction of sp³-hybridized carbons (Fsp3) is 0.323. The molecule has 6 nitrogen and oxygen atoms in total. The van der Waals surface area contributed by atoms with Crippen molar-refractivity contribution >= 4 is 28.5 Å². The van der Waals surface area contributed by atoms with Crippen LogP contribution >= 0.6 is 11.8 Å². The van der Waals surface area contributed by atoms with Gasteiger partial charge in [0.05, 0.1) is 5.36 Å². The highest BCUT2D eigenvalue weighted by Crippen LogP contribution is 2.42. The van der Waals surface area contributed by atoms with Gasteiger partial charge in [0, 0.05) is 11.0 Å². The fourth-order valence-corrected chi connectivity index (χ4v) is 5.59. The summed E-state index contributed by atoms with van der Waals surface area (Å²) in [5, 5.41) is 23.0. The number of benzene rings is 3. The summed E-state index contributed by atoms with van der Waals surface area (Å²) >= 11 is 1.49. The number of hydrogen-bond donors (Lipinski definition) is 2. The smallest absolute Gasteiger partial charge is 0.276 e. The van der Waals surface area contributed by atoms with Gasteiger partial charge < -0.3 is 5.11 Å². The van der Waals surface area contributed by atoms with Crippen LogP contribution in [0.3, 0.4) is 0 Å². The van der Waals surface area contributed by atoms with E-state index in [1.165, 1.54) is 11.8 Å². The Labute approximate surface area is 228 Å². The van der Waals surface area contributed by atoms with Gasteiger partial charge in [-0.3, -0.25) is 15.1 Å². The van der Waals surface area contributed by atoms with Crippen molar-refractivity contribution in [3.63, 3.8) is 0 Å². The second-order valence-electron chi connectivity index (χ2n) is 11.8. The maximum atomic E-state index is 13.5. The number of para-hydroxylation sites is 1. The lowest BCUT2D eigenvalue weighted by molar-refractivity contribution is -0.116. The second kappa shape index (κ2) is 9.62. The molecular formula is C31H34N4O2S. The minimum absolute atomic E-state index is 0.200. The van der Waals surface area contributed by atoms with Crippen LogP contribution in [0.15, 0.2) is 76.8 Å². The number of carbonyl (C=O) groups is 1. The van der Waals surface area contributed by atoms with Gasteiger partial charge in [-0.25, -0.2) is 5.01 Å². The van der Waals surface area contributed by atoms with Crippen LogP contribution in [0, 0.1) is 0 Å². The number of amidine groups is 1. The van der Waals surface area contributed by atoms with Gasteiger partial charge in [-0.2, -0.15) is 0 Å². The van der Waals surface area contributed by atoms with Crippen LogP contribution in [0.5, 0.6) is 5.75 Å². The Morgan fingerprint density at radius 1 is 0.921 bits per heavy atom. The van der Waals surface area contributed by atoms with Gasteiger partial charge in [0.25, 0.3) is 5.91 Å². The van der Waals surface area contributed by atoms with Gasteiger partial charge in [-0.15, -0.1) is 5.10 Å². The Kier molecular flexibility index (Phi) is 6.59. The van der Waals surface area contributed by atoms with Crippen LogP contribution in [0.4, 0.5) is 0 Å². The SMILES string of the molecule is CC(C)(C)c1cc(C2N=c3ccccc3=C3C(=O)NC(SCc4ccccc4)=NN32)cc(C(C)(C)C)c1O. The van der Waals surface area contributed by atoms with Crippen LogP contribution in [0.25, 0.3) is 5.70 Å². The summed E-state index contributed by atoms with van der Waals surface area (Å²) in [4.78, 5) is 18.6. The molecule has 3 aromatic rings. The standard InChI is InChI=1S/C31H34N4O2S/c1-30(2,3)22-16-20(17-23(26(22)36)31(4,5)6)27-32-24-15-11-10-14-21(24)25-28(37)33-29(34-35(25)27)38-18-19-12-8-7-9-13-19/h7-17,27,36H,18H2,1-6H3,(H,33,34,37). The number of amides is 1. The van der Waals surface area contributed by atoms with Gasteiger partial charge in [-0.1, -0.05) is 102 Å². The predicted molar refractivity (Wildman–Crippen MR) is 154 cm³/mol. The molecule has 2 aliphatic heterocycles. The highest BCUT2D eigenvalue weighted by atomic mass is 32.2. The average molecular weight is 527 g/mol. The molecule has 0 aromatic heterocycles. The summed E-state index contributed by atoms with van der Waals surface area (Å²) in [6.07, 6.45) is -0.555. The van der Waals surface area contributed by atoms with Crippen LogP contribution in [0.2, 0.25) is 0 Å². The third-order valence-electron chi connectivity index (χ3n) is 6.78. The number of thioether (sulfide) groups is 1. The molecule has 1 amide bonds. The Morgan fingerprint density at radius 3 is 2.16 bits per heavy atom. The zero-order valence-corrected chi connectivity index (χ0v) is 23.6. The maximum absolute atomic E-state index is 13.5. The summed E-state index contributed by atoms with van der Waals surface area (Å²) < 4.78 is 0. The van der Waals surface area contributed by atoms with E-state index in [0.717, 1.165) is 32.8 Å². The Balaban J connectivity index is 1.67. The van der Waals surface area contributed by atoms with E-state index in [-0.39, 0.29) is 16.7 Å². The second-order valence-corrected chi connectivity index (χ2v) is 12.8. The lowest BCUT2D eigenvalue weighted by atomic mass is 9.78. The first-order valence-electron chi connectivity index (χ1n) is 12.8. The molecule has 0 saturated heterocycles. The first-order chi connectivity index (χ1) is 17.9. The van der Waals surface area contributed by atoms with E-state index in [1.807, 2.05) is 54.6 Å². The van der Waals surface area contributed by atoms with Gasteiger partial charge in [-0.05, 0) is 51.3 Å². The van der Waals surface area contributed by atoms with Crippen LogP contribution in [-0.4, -0.2) is 21.2 Å². The minimum Gasteiger partial charge on any atom is -0.507 e. The summed E-state index contributed by atoms with van der Waals surface area (Å²) in [7, 11) is 0. The van der Waals surface area contributed by atoms with E-state index in [0.29, 0.717) is 22.4 Å². The number of phenolic OH excluding ortho intramolecular Hbond substituents is 1. The molecule has 1 atom stereocenters. The third-order valence-corrected chi connectivity index (χ3v) is 7.72. The molecular weight excluding hydrogens is 492 g/mol. The van der Waals surface area contributed by atoms with Crippen molar-refractivity contribution in [3.8, 4) is 5.75 Å². The number of phenols is 1. The monoisotopic (exact) mass is 526 g/mol. The molecule has 2 aliphatic rings. The molecule has 0 spiro atoms. The molecule has 2 N–H and O–H groups in total. The van der Waals surface area contributed by atoms with Crippen LogP contribution in [0.1, 0.15) is 70.0 Å². The molecule has 196 valence electrons. The van der Waals surface area contributed by atoms with Gasteiger partial charge in [0.2, 0.25) is 0 Å². The van der Waals surface area contributed by atoms with E-state index in [1.54, 1.807) is 5.01 Å². The third kappa shape index (κ3) is 4.95. The van der Waals surface area contributed by atoms with Crippen molar-refractivity contribution in [1.29, 1.82) is 0 Å². The molecule has 7 heteroatoms. The number of nitrogens with one attached hydrogen (secondary N) is 1. The topological polar surface area (TPSA) is 77.3 Å². The Hall–Kier alpha value is -3.58. The molecule has 1 unspecified atom stereocenters. The van der Waals surface area contributed by atoms with Crippen molar-refractivity contribution < 1.29 is 9.90 Å². The Morgan fingerprint density at radius 2 is 1.53 bits per heavy atom. The molecule has 0 radical (unpaired) electrons.